The molecule has 0 spiro atoms. The molecule has 0 amide bonds. The molecule has 2 aromatic heterocycles. The van der Waals surface area contributed by atoms with Crippen molar-refractivity contribution < 1.29 is 4.42 Å². The maximum absolute atomic E-state index is 5.66. The van der Waals surface area contributed by atoms with Crippen molar-refractivity contribution in [2.75, 3.05) is 13.6 Å². The van der Waals surface area contributed by atoms with Crippen LogP contribution in [0.1, 0.15) is 37.0 Å². The van der Waals surface area contributed by atoms with Crippen LogP contribution in [-0.4, -0.2) is 24.0 Å². The summed E-state index contributed by atoms with van der Waals surface area (Å²) in [6, 6.07) is 6.38. The molecule has 0 aliphatic rings. The quantitative estimate of drug-likeness (QED) is 0.841. The lowest BCUT2D eigenvalue weighted by Gasteiger charge is -2.21. The van der Waals surface area contributed by atoms with E-state index >= 15 is 0 Å². The number of rotatable bonds is 7. The second-order valence-corrected chi connectivity index (χ2v) is 7.57. The van der Waals surface area contributed by atoms with Crippen LogP contribution < -0.4 is 5.32 Å². The summed E-state index contributed by atoms with van der Waals surface area (Å²) in [4.78, 5) is 3.76. The Morgan fingerprint density at radius 2 is 2.10 bits per heavy atom. The summed E-state index contributed by atoms with van der Waals surface area (Å²) in [5.74, 6) is 1.07. The number of thiophene rings is 1. The first-order valence-electron chi connectivity index (χ1n) is 7.45. The van der Waals surface area contributed by atoms with Crippen LogP contribution in [0.4, 0.5) is 0 Å². The molecule has 1 N–H and O–H groups in total. The minimum Gasteiger partial charge on any atom is -0.468 e. The van der Waals surface area contributed by atoms with Crippen LogP contribution in [0.15, 0.2) is 34.3 Å². The van der Waals surface area contributed by atoms with Gasteiger partial charge in [-0.05, 0) is 51.8 Å². The molecular formula is C17H26N2OS. The molecule has 0 fully saturated rings. The first-order chi connectivity index (χ1) is 9.94. The van der Waals surface area contributed by atoms with Crippen molar-refractivity contribution in [3.05, 3.63) is 46.0 Å². The number of nitrogens with zero attached hydrogens (tertiary/aromatic N) is 1. The van der Waals surface area contributed by atoms with Crippen LogP contribution in [0.5, 0.6) is 0 Å². The molecule has 0 aliphatic carbocycles. The fourth-order valence-electron chi connectivity index (χ4n) is 2.10. The van der Waals surface area contributed by atoms with Crippen molar-refractivity contribution in [1.29, 1.82) is 0 Å². The van der Waals surface area contributed by atoms with Crippen molar-refractivity contribution in [3.8, 4) is 0 Å². The largest absolute Gasteiger partial charge is 0.468 e. The first-order valence-corrected chi connectivity index (χ1v) is 8.33. The van der Waals surface area contributed by atoms with E-state index in [4.69, 9.17) is 4.42 Å². The van der Waals surface area contributed by atoms with E-state index in [0.29, 0.717) is 0 Å². The SMILES string of the molecule is CN(CCc1cccs1)Cc1occc1CNC(C)(C)C. The van der Waals surface area contributed by atoms with Gasteiger partial charge < -0.3 is 9.73 Å². The summed E-state index contributed by atoms with van der Waals surface area (Å²) in [6.07, 6.45) is 2.90. The van der Waals surface area contributed by atoms with E-state index in [0.717, 1.165) is 31.8 Å². The van der Waals surface area contributed by atoms with Crippen LogP contribution in [0.25, 0.3) is 0 Å². The Hall–Kier alpha value is -1.10. The minimum absolute atomic E-state index is 0.125. The molecule has 0 bridgehead atoms. The molecule has 0 aliphatic heterocycles. The number of likely N-dealkylation sites (N-methyl/N-ethyl adjacent to an activating group) is 1. The zero-order valence-electron chi connectivity index (χ0n) is 13.5. The van der Waals surface area contributed by atoms with Gasteiger partial charge in [0, 0.05) is 29.1 Å². The van der Waals surface area contributed by atoms with Crippen molar-refractivity contribution in [2.45, 2.75) is 45.8 Å². The van der Waals surface area contributed by atoms with Crippen LogP contribution in [0.3, 0.4) is 0 Å². The van der Waals surface area contributed by atoms with Crippen LogP contribution >= 0.6 is 11.3 Å². The van der Waals surface area contributed by atoms with Crippen molar-refractivity contribution in [1.82, 2.24) is 10.2 Å². The Kier molecular flexibility index (Phi) is 5.62. The van der Waals surface area contributed by atoms with Gasteiger partial charge in [-0.3, -0.25) is 4.90 Å². The van der Waals surface area contributed by atoms with Crippen molar-refractivity contribution >= 4 is 11.3 Å². The minimum atomic E-state index is 0.125. The maximum atomic E-state index is 5.66. The Bertz CT molecular complexity index is 525. The number of hydrogen-bond acceptors (Lipinski definition) is 4. The van der Waals surface area contributed by atoms with E-state index in [1.54, 1.807) is 6.26 Å². The average molecular weight is 306 g/mol. The predicted octanol–water partition coefficient (Wildman–Crippen LogP) is 3.90. The van der Waals surface area contributed by atoms with Crippen molar-refractivity contribution in [3.63, 3.8) is 0 Å². The second-order valence-electron chi connectivity index (χ2n) is 6.54. The summed E-state index contributed by atoms with van der Waals surface area (Å²) in [5.41, 5.74) is 1.38. The highest BCUT2D eigenvalue weighted by Gasteiger charge is 2.13. The zero-order valence-corrected chi connectivity index (χ0v) is 14.3. The first kappa shape index (κ1) is 16.3. The van der Waals surface area contributed by atoms with Gasteiger partial charge >= 0.3 is 0 Å². The predicted molar refractivity (Wildman–Crippen MR) is 89.7 cm³/mol. The van der Waals surface area contributed by atoms with Gasteiger partial charge in [0.25, 0.3) is 0 Å². The van der Waals surface area contributed by atoms with Crippen LogP contribution in [0, 0.1) is 0 Å². The number of furan rings is 1. The second kappa shape index (κ2) is 7.25. The molecule has 0 aromatic carbocycles. The lowest BCUT2D eigenvalue weighted by molar-refractivity contribution is 0.296. The van der Waals surface area contributed by atoms with E-state index in [9.17, 15) is 0 Å². The van der Waals surface area contributed by atoms with Gasteiger partial charge in [-0.1, -0.05) is 6.07 Å². The Morgan fingerprint density at radius 1 is 1.29 bits per heavy atom. The van der Waals surface area contributed by atoms with Gasteiger partial charge in [-0.15, -0.1) is 11.3 Å². The van der Waals surface area contributed by atoms with E-state index in [2.05, 4.69) is 61.6 Å². The van der Waals surface area contributed by atoms with Gasteiger partial charge in [-0.25, -0.2) is 0 Å². The molecule has 3 nitrogen and oxygen atoms in total. The summed E-state index contributed by atoms with van der Waals surface area (Å²) in [5, 5.41) is 5.65. The third-order valence-corrected chi connectivity index (χ3v) is 4.32. The zero-order chi connectivity index (χ0) is 15.3. The highest BCUT2D eigenvalue weighted by atomic mass is 32.1. The monoisotopic (exact) mass is 306 g/mol. The summed E-state index contributed by atoms with van der Waals surface area (Å²) >= 11 is 1.83. The molecule has 2 aromatic rings. The van der Waals surface area contributed by atoms with E-state index in [-0.39, 0.29) is 5.54 Å². The molecule has 2 rings (SSSR count). The Morgan fingerprint density at radius 3 is 2.76 bits per heavy atom. The van der Waals surface area contributed by atoms with Crippen LogP contribution in [0.2, 0.25) is 0 Å². The fourth-order valence-corrected chi connectivity index (χ4v) is 2.80. The lowest BCUT2D eigenvalue weighted by Crippen LogP contribution is -2.35. The summed E-state index contributed by atoms with van der Waals surface area (Å²) < 4.78 is 5.66. The molecular weight excluding hydrogens is 280 g/mol. The molecule has 21 heavy (non-hydrogen) atoms. The van der Waals surface area contributed by atoms with Crippen LogP contribution in [-0.2, 0) is 19.5 Å². The van der Waals surface area contributed by atoms with Gasteiger partial charge in [0.2, 0.25) is 0 Å². The van der Waals surface area contributed by atoms with Gasteiger partial charge in [-0.2, -0.15) is 0 Å². The van der Waals surface area contributed by atoms with E-state index in [1.165, 1.54) is 10.4 Å². The molecule has 0 atom stereocenters. The molecule has 2 heterocycles. The third kappa shape index (κ3) is 5.65. The number of hydrogen-bond donors (Lipinski definition) is 1. The highest BCUT2D eigenvalue weighted by molar-refractivity contribution is 7.09. The Labute approximate surface area is 132 Å². The smallest absolute Gasteiger partial charge is 0.122 e. The average Bonchev–Trinajstić information content (AvgIpc) is 3.04. The molecule has 116 valence electrons. The molecule has 4 heteroatoms. The maximum Gasteiger partial charge on any atom is 0.122 e. The standard InChI is InChI=1S/C17H26N2OS/c1-17(2,3)18-12-14-8-10-20-16(14)13-19(4)9-7-15-6-5-11-21-15/h5-6,8,10-11,18H,7,9,12-13H2,1-4H3. The van der Waals surface area contributed by atoms with Gasteiger partial charge in [0.15, 0.2) is 0 Å². The van der Waals surface area contributed by atoms with Gasteiger partial charge in [0.05, 0.1) is 12.8 Å². The van der Waals surface area contributed by atoms with Crippen molar-refractivity contribution in [2.24, 2.45) is 0 Å². The summed E-state index contributed by atoms with van der Waals surface area (Å²) in [7, 11) is 2.15. The lowest BCUT2D eigenvalue weighted by atomic mass is 10.1. The third-order valence-electron chi connectivity index (χ3n) is 3.38. The Balaban J connectivity index is 1.83. The molecule has 0 radical (unpaired) electrons. The highest BCUT2D eigenvalue weighted by Crippen LogP contribution is 2.15. The molecule has 0 saturated heterocycles. The number of nitrogens with one attached hydrogen (secondary N) is 1. The van der Waals surface area contributed by atoms with Gasteiger partial charge in [0.1, 0.15) is 5.76 Å². The fraction of sp³-hybridized carbons (Fsp3) is 0.529. The molecule has 0 unspecified atom stereocenters. The van der Waals surface area contributed by atoms with E-state index < -0.39 is 0 Å². The van der Waals surface area contributed by atoms with E-state index in [1.807, 2.05) is 11.3 Å². The topological polar surface area (TPSA) is 28.4 Å². The molecule has 0 saturated carbocycles. The summed E-state index contributed by atoms with van der Waals surface area (Å²) in [6.45, 7) is 9.31. The normalized spacial score (nSPS) is 12.2.